The fraction of sp³-hybridized carbons (Fsp3) is 0.438. The van der Waals surface area contributed by atoms with Crippen LogP contribution in [-0.2, 0) is 0 Å². The van der Waals surface area contributed by atoms with Crippen molar-refractivity contribution in [1.29, 1.82) is 0 Å². The summed E-state index contributed by atoms with van der Waals surface area (Å²) in [7, 11) is 4.14. The summed E-state index contributed by atoms with van der Waals surface area (Å²) in [5.74, 6) is 1.63. The highest BCUT2D eigenvalue weighted by Gasteiger charge is 2.57. The number of rotatable bonds is 7. The Kier molecular flexibility index (Phi) is 5.69. The lowest BCUT2D eigenvalue weighted by Crippen LogP contribution is -2.54. The van der Waals surface area contributed by atoms with E-state index in [1.807, 2.05) is 24.3 Å². The third-order valence-electron chi connectivity index (χ3n) is 9.56. The van der Waals surface area contributed by atoms with Crippen molar-refractivity contribution in [2.75, 3.05) is 45.2 Å². The topological polar surface area (TPSA) is 73.8 Å². The molecule has 8 rings (SSSR count). The van der Waals surface area contributed by atoms with Crippen molar-refractivity contribution in [1.82, 2.24) is 20.2 Å². The number of piperidine rings is 1. The summed E-state index contributed by atoms with van der Waals surface area (Å²) in [5.41, 5.74) is 1.01. The average molecular weight is 574 g/mol. The molecule has 2 aliphatic heterocycles. The minimum atomic E-state index is -0.535. The Morgan fingerprint density at radius 3 is 2.59 bits per heavy atom. The van der Waals surface area contributed by atoms with Gasteiger partial charge in [0.15, 0.2) is 5.82 Å². The minimum Gasteiger partial charge on any atom is -0.508 e. The lowest BCUT2D eigenvalue weighted by molar-refractivity contribution is 0.183. The summed E-state index contributed by atoms with van der Waals surface area (Å²) in [6, 6.07) is 13.6. The van der Waals surface area contributed by atoms with Crippen molar-refractivity contribution in [3.8, 4) is 22.9 Å². The van der Waals surface area contributed by atoms with Crippen LogP contribution in [0.2, 0.25) is 5.02 Å². The van der Waals surface area contributed by atoms with E-state index in [9.17, 15) is 5.11 Å². The smallest absolute Gasteiger partial charge is 0.319 e. The molecule has 2 aliphatic carbocycles. The number of nitrogens with zero attached hydrogens (tertiary/aromatic N) is 4. The number of phenols is 1. The third-order valence-corrected chi connectivity index (χ3v) is 9.86. The number of aromatic nitrogens is 2. The quantitative estimate of drug-likeness (QED) is 0.304. The first-order chi connectivity index (χ1) is 19.8. The number of benzene rings is 3. The molecule has 4 aromatic rings. The van der Waals surface area contributed by atoms with Gasteiger partial charge < -0.3 is 25.0 Å². The molecule has 0 amide bonds. The summed E-state index contributed by atoms with van der Waals surface area (Å²) < 4.78 is 23.0. The second-order valence-corrected chi connectivity index (χ2v) is 13.3. The molecule has 9 heteroatoms. The lowest BCUT2D eigenvalue weighted by Gasteiger charge is -2.36. The van der Waals surface area contributed by atoms with Crippen LogP contribution in [0.15, 0.2) is 42.5 Å². The van der Waals surface area contributed by atoms with Gasteiger partial charge in [0.05, 0.1) is 11.6 Å². The van der Waals surface area contributed by atoms with Crippen LogP contribution in [0.25, 0.3) is 32.8 Å². The van der Waals surface area contributed by atoms with Crippen molar-refractivity contribution < 1.29 is 14.2 Å². The van der Waals surface area contributed by atoms with Gasteiger partial charge in [-0.1, -0.05) is 35.9 Å². The van der Waals surface area contributed by atoms with E-state index in [1.165, 1.54) is 6.42 Å². The van der Waals surface area contributed by atoms with Gasteiger partial charge in [0.25, 0.3) is 0 Å². The fourth-order valence-electron chi connectivity index (χ4n) is 7.41. The highest BCUT2D eigenvalue weighted by molar-refractivity contribution is 6.35. The Hall–Kier alpha value is -3.20. The zero-order valence-corrected chi connectivity index (χ0v) is 24.0. The van der Waals surface area contributed by atoms with Crippen LogP contribution < -0.4 is 15.0 Å². The summed E-state index contributed by atoms with van der Waals surface area (Å²) >= 11 is 6.88. The van der Waals surface area contributed by atoms with E-state index >= 15 is 4.39 Å². The number of halogens is 2. The van der Waals surface area contributed by atoms with E-state index in [1.54, 1.807) is 18.2 Å². The SMILES string of the molecule is CN(C)CC1(COc2nc(N3CC4NC(C3)C3CC43)c3cc(Cl)c(-c4cc(O)cc5ccccc45)c(F)c3n2)CC1. The van der Waals surface area contributed by atoms with E-state index in [0.717, 1.165) is 55.1 Å². The van der Waals surface area contributed by atoms with E-state index in [-0.39, 0.29) is 33.3 Å². The average Bonchev–Trinajstić information content (AvgIpc) is 3.87. The number of anilines is 1. The molecule has 1 aromatic heterocycles. The zero-order chi connectivity index (χ0) is 28.0. The summed E-state index contributed by atoms with van der Waals surface area (Å²) in [4.78, 5) is 14.0. The van der Waals surface area contributed by atoms with E-state index < -0.39 is 5.82 Å². The van der Waals surface area contributed by atoms with Crippen molar-refractivity contribution in [2.24, 2.45) is 17.3 Å². The molecule has 41 heavy (non-hydrogen) atoms. The molecule has 3 aromatic carbocycles. The van der Waals surface area contributed by atoms with Crippen molar-refractivity contribution in [3.63, 3.8) is 0 Å². The Balaban J connectivity index is 1.27. The molecule has 2 N–H and O–H groups in total. The first kappa shape index (κ1) is 25.5. The predicted molar refractivity (Wildman–Crippen MR) is 159 cm³/mol. The molecule has 2 saturated carbocycles. The number of nitrogens with one attached hydrogen (secondary N) is 1. The maximum absolute atomic E-state index is 16.7. The highest BCUT2D eigenvalue weighted by Crippen LogP contribution is 2.52. The maximum atomic E-state index is 16.7. The van der Waals surface area contributed by atoms with Gasteiger partial charge in [-0.3, -0.25) is 0 Å². The fourth-order valence-corrected chi connectivity index (χ4v) is 7.70. The number of fused-ring (bicyclic) bond motifs is 7. The lowest BCUT2D eigenvalue weighted by atomic mass is 9.96. The Labute approximate surface area is 243 Å². The van der Waals surface area contributed by atoms with Gasteiger partial charge in [0.1, 0.15) is 17.1 Å². The molecule has 0 spiro atoms. The number of hydrogen-bond donors (Lipinski definition) is 2. The van der Waals surface area contributed by atoms with Gasteiger partial charge in [-0.25, -0.2) is 4.39 Å². The Morgan fingerprint density at radius 1 is 1.10 bits per heavy atom. The van der Waals surface area contributed by atoms with Gasteiger partial charge in [-0.2, -0.15) is 9.97 Å². The highest BCUT2D eigenvalue weighted by atomic mass is 35.5. The first-order valence-electron chi connectivity index (χ1n) is 14.5. The molecule has 0 radical (unpaired) electrons. The molecular formula is C32H33ClFN5O2. The number of hydrogen-bond acceptors (Lipinski definition) is 7. The second-order valence-electron chi connectivity index (χ2n) is 12.9. The van der Waals surface area contributed by atoms with Gasteiger partial charge in [-0.05, 0) is 79.7 Å². The minimum absolute atomic E-state index is 0.0483. The Morgan fingerprint density at radius 2 is 1.85 bits per heavy atom. The molecule has 4 unspecified atom stereocenters. The van der Waals surface area contributed by atoms with Crippen molar-refractivity contribution in [2.45, 2.75) is 31.3 Å². The standard InChI is InChI=1S/C32H33ClFN5O2/c1-38(2)15-32(7-8-32)16-41-31-36-29-23(30(37-31)39-13-25-20-11-21(20)26(14-39)35-25)12-24(33)27(28(29)34)22-10-18(40)9-17-5-3-4-6-19(17)22/h3-6,9-10,12,20-21,25-26,35,40H,7-8,11,13-16H2,1-2H3. The monoisotopic (exact) mass is 573 g/mol. The summed E-state index contributed by atoms with van der Waals surface area (Å²) in [6.45, 7) is 3.04. The van der Waals surface area contributed by atoms with Gasteiger partial charge in [0.2, 0.25) is 0 Å². The number of aromatic hydroxyl groups is 1. The number of ether oxygens (including phenoxy) is 1. The largest absolute Gasteiger partial charge is 0.508 e. The van der Waals surface area contributed by atoms with Crippen LogP contribution in [0, 0.1) is 23.1 Å². The van der Waals surface area contributed by atoms with Gasteiger partial charge in [-0.15, -0.1) is 0 Å². The predicted octanol–water partition coefficient (Wildman–Crippen LogP) is 5.47. The van der Waals surface area contributed by atoms with Crippen molar-refractivity contribution in [3.05, 3.63) is 53.3 Å². The van der Waals surface area contributed by atoms with E-state index in [4.69, 9.17) is 21.3 Å². The van der Waals surface area contributed by atoms with Crippen LogP contribution in [0.5, 0.6) is 11.8 Å². The van der Waals surface area contributed by atoms with E-state index in [2.05, 4.69) is 34.2 Å². The third kappa shape index (κ3) is 4.30. The van der Waals surface area contributed by atoms with E-state index in [0.29, 0.717) is 35.5 Å². The Bertz CT molecular complexity index is 1690. The van der Waals surface area contributed by atoms with Crippen LogP contribution >= 0.6 is 11.6 Å². The van der Waals surface area contributed by atoms with Gasteiger partial charge in [0, 0.05) is 48.1 Å². The molecule has 2 bridgehead atoms. The maximum Gasteiger partial charge on any atom is 0.319 e. The summed E-state index contributed by atoms with van der Waals surface area (Å²) in [5, 5.41) is 16.7. The molecule has 4 aliphatic rings. The molecule has 3 heterocycles. The normalized spacial score (nSPS) is 25.6. The summed E-state index contributed by atoms with van der Waals surface area (Å²) in [6.07, 6.45) is 3.48. The zero-order valence-electron chi connectivity index (χ0n) is 23.2. The number of phenolic OH excluding ortho intramolecular Hbond substituents is 1. The molecule has 4 fully saturated rings. The number of piperazine rings is 1. The molecular weight excluding hydrogens is 541 g/mol. The first-order valence-corrected chi connectivity index (χ1v) is 14.9. The van der Waals surface area contributed by atoms with Crippen LogP contribution in [-0.4, -0.2) is 72.4 Å². The molecule has 212 valence electrons. The molecule has 2 saturated heterocycles. The van der Waals surface area contributed by atoms with Gasteiger partial charge >= 0.3 is 6.01 Å². The van der Waals surface area contributed by atoms with Crippen LogP contribution in [0.4, 0.5) is 10.2 Å². The van der Waals surface area contributed by atoms with Crippen LogP contribution in [0.3, 0.4) is 0 Å². The molecule has 4 atom stereocenters. The second kappa shape index (κ2) is 9.15. The van der Waals surface area contributed by atoms with Crippen molar-refractivity contribution >= 4 is 39.1 Å². The molecule has 7 nitrogen and oxygen atoms in total. The van der Waals surface area contributed by atoms with Crippen LogP contribution in [0.1, 0.15) is 19.3 Å².